The summed E-state index contributed by atoms with van der Waals surface area (Å²) in [5.74, 6) is -0.0455. The van der Waals surface area contributed by atoms with Crippen LogP contribution in [0.4, 0.5) is 15.1 Å². The van der Waals surface area contributed by atoms with Crippen molar-refractivity contribution < 1.29 is 13.9 Å². The fraction of sp³-hybridized carbons (Fsp3) is 0.438. The molecule has 0 spiro atoms. The molecular weight excluding hydrogens is 313 g/mol. The fourth-order valence-electron chi connectivity index (χ4n) is 2.62. The standard InChI is InChI=1S/C16H20FN5O2/c17-13-7-2-1-6-12(13)14-19-15(22-21-14)20-16(23)18-9-8-11-5-3-4-10-24-11/h1-2,6-7,11H,3-5,8-10H2,(H3,18,19,20,21,22,23)/t11-/m0/s1. The number of benzene rings is 1. The molecule has 3 N–H and O–H groups in total. The first-order chi connectivity index (χ1) is 11.7. The highest BCUT2D eigenvalue weighted by Crippen LogP contribution is 2.19. The molecule has 2 heterocycles. The van der Waals surface area contributed by atoms with Crippen molar-refractivity contribution in [2.75, 3.05) is 18.5 Å². The Kier molecular flexibility index (Phi) is 5.37. The van der Waals surface area contributed by atoms with Gasteiger partial charge in [-0.3, -0.25) is 10.4 Å². The van der Waals surface area contributed by atoms with E-state index in [4.69, 9.17) is 4.74 Å². The number of carbonyl (C=O) groups is 1. The Balaban J connectivity index is 1.47. The van der Waals surface area contributed by atoms with E-state index in [-0.39, 0.29) is 17.9 Å². The van der Waals surface area contributed by atoms with Gasteiger partial charge in [-0.25, -0.2) is 9.18 Å². The van der Waals surface area contributed by atoms with Crippen molar-refractivity contribution in [3.05, 3.63) is 30.1 Å². The Morgan fingerprint density at radius 2 is 2.25 bits per heavy atom. The van der Waals surface area contributed by atoms with Gasteiger partial charge in [0.1, 0.15) is 5.82 Å². The first kappa shape index (κ1) is 16.4. The Labute approximate surface area is 139 Å². The molecule has 1 atom stereocenters. The van der Waals surface area contributed by atoms with Crippen molar-refractivity contribution in [1.29, 1.82) is 0 Å². The highest BCUT2D eigenvalue weighted by molar-refractivity contribution is 5.87. The third-order valence-electron chi connectivity index (χ3n) is 3.87. The van der Waals surface area contributed by atoms with Gasteiger partial charge in [0.15, 0.2) is 5.82 Å². The van der Waals surface area contributed by atoms with E-state index in [1.54, 1.807) is 18.2 Å². The minimum absolute atomic E-state index is 0.0969. The van der Waals surface area contributed by atoms with E-state index in [0.717, 1.165) is 25.9 Å². The van der Waals surface area contributed by atoms with E-state index in [9.17, 15) is 9.18 Å². The second kappa shape index (κ2) is 7.87. The summed E-state index contributed by atoms with van der Waals surface area (Å²) in [6, 6.07) is 5.82. The SMILES string of the molecule is O=C(NCC[C@@H]1CCCCO1)Nc1n[nH]c(-c2ccccc2F)n1. The lowest BCUT2D eigenvalue weighted by Crippen LogP contribution is -2.32. The van der Waals surface area contributed by atoms with E-state index in [1.807, 2.05) is 0 Å². The fourth-order valence-corrected chi connectivity index (χ4v) is 2.62. The number of amides is 2. The van der Waals surface area contributed by atoms with Crippen LogP contribution in [0.25, 0.3) is 11.4 Å². The summed E-state index contributed by atoms with van der Waals surface area (Å²) in [6.07, 6.45) is 4.32. The number of aromatic nitrogens is 3. The topological polar surface area (TPSA) is 91.9 Å². The van der Waals surface area contributed by atoms with Gasteiger partial charge in [0.05, 0.1) is 11.7 Å². The molecule has 8 heteroatoms. The predicted octanol–water partition coefficient (Wildman–Crippen LogP) is 2.69. The lowest BCUT2D eigenvalue weighted by Gasteiger charge is -2.22. The summed E-state index contributed by atoms with van der Waals surface area (Å²) in [5.41, 5.74) is 0.299. The van der Waals surface area contributed by atoms with Gasteiger partial charge in [0.2, 0.25) is 5.95 Å². The van der Waals surface area contributed by atoms with Gasteiger partial charge < -0.3 is 10.1 Å². The van der Waals surface area contributed by atoms with Gasteiger partial charge in [-0.2, -0.15) is 4.98 Å². The van der Waals surface area contributed by atoms with Crippen LogP contribution in [-0.2, 0) is 4.74 Å². The van der Waals surface area contributed by atoms with Crippen molar-refractivity contribution in [2.24, 2.45) is 0 Å². The molecule has 2 amide bonds. The summed E-state index contributed by atoms with van der Waals surface area (Å²) in [7, 11) is 0. The largest absolute Gasteiger partial charge is 0.378 e. The Morgan fingerprint density at radius 3 is 3.04 bits per heavy atom. The number of ether oxygens (including phenoxy) is 1. The normalized spacial score (nSPS) is 17.5. The average Bonchev–Trinajstić information content (AvgIpc) is 3.04. The van der Waals surface area contributed by atoms with E-state index < -0.39 is 11.8 Å². The Hall–Kier alpha value is -2.48. The molecule has 2 aromatic rings. The van der Waals surface area contributed by atoms with Gasteiger partial charge in [0, 0.05) is 13.2 Å². The van der Waals surface area contributed by atoms with Crippen LogP contribution in [0.1, 0.15) is 25.7 Å². The number of hydrogen-bond donors (Lipinski definition) is 3. The van der Waals surface area contributed by atoms with Crippen molar-refractivity contribution in [1.82, 2.24) is 20.5 Å². The van der Waals surface area contributed by atoms with Crippen molar-refractivity contribution in [2.45, 2.75) is 31.8 Å². The van der Waals surface area contributed by atoms with E-state index >= 15 is 0 Å². The molecule has 128 valence electrons. The van der Waals surface area contributed by atoms with Crippen LogP contribution in [0, 0.1) is 5.82 Å². The number of nitrogens with one attached hydrogen (secondary N) is 3. The number of aromatic amines is 1. The second-order valence-electron chi connectivity index (χ2n) is 5.65. The van der Waals surface area contributed by atoms with Crippen LogP contribution in [0.5, 0.6) is 0 Å². The molecule has 3 rings (SSSR count). The zero-order valence-corrected chi connectivity index (χ0v) is 13.2. The van der Waals surface area contributed by atoms with E-state index in [1.165, 1.54) is 12.5 Å². The number of anilines is 1. The number of urea groups is 1. The summed E-state index contributed by atoms with van der Waals surface area (Å²) in [4.78, 5) is 15.9. The van der Waals surface area contributed by atoms with Gasteiger partial charge in [-0.15, -0.1) is 5.10 Å². The Morgan fingerprint density at radius 1 is 1.38 bits per heavy atom. The highest BCUT2D eigenvalue weighted by atomic mass is 19.1. The van der Waals surface area contributed by atoms with Crippen LogP contribution in [-0.4, -0.2) is 40.5 Å². The minimum atomic E-state index is -0.405. The highest BCUT2D eigenvalue weighted by Gasteiger charge is 2.14. The third-order valence-corrected chi connectivity index (χ3v) is 3.87. The zero-order chi connectivity index (χ0) is 16.8. The molecule has 1 aliphatic rings. The third kappa shape index (κ3) is 4.29. The quantitative estimate of drug-likeness (QED) is 0.784. The monoisotopic (exact) mass is 333 g/mol. The van der Waals surface area contributed by atoms with Crippen LogP contribution in [0.2, 0.25) is 0 Å². The molecule has 0 aliphatic carbocycles. The zero-order valence-electron chi connectivity index (χ0n) is 13.2. The molecule has 0 bridgehead atoms. The van der Waals surface area contributed by atoms with Crippen LogP contribution in [0.15, 0.2) is 24.3 Å². The Bertz CT molecular complexity index is 685. The first-order valence-electron chi connectivity index (χ1n) is 8.06. The van der Waals surface area contributed by atoms with Gasteiger partial charge in [-0.05, 0) is 37.8 Å². The first-order valence-corrected chi connectivity index (χ1v) is 8.06. The number of hydrogen-bond acceptors (Lipinski definition) is 4. The van der Waals surface area contributed by atoms with Crippen LogP contribution >= 0.6 is 0 Å². The van der Waals surface area contributed by atoms with Gasteiger partial charge in [-0.1, -0.05) is 12.1 Å². The number of nitrogens with zero attached hydrogens (tertiary/aromatic N) is 2. The van der Waals surface area contributed by atoms with Gasteiger partial charge in [0.25, 0.3) is 0 Å². The number of rotatable bonds is 5. The molecule has 1 fully saturated rings. The molecule has 0 unspecified atom stereocenters. The maximum Gasteiger partial charge on any atom is 0.321 e. The molecule has 0 saturated carbocycles. The summed E-state index contributed by atoms with van der Waals surface area (Å²) in [5, 5.41) is 11.7. The lowest BCUT2D eigenvalue weighted by atomic mass is 10.1. The smallest absolute Gasteiger partial charge is 0.321 e. The number of H-pyrrole nitrogens is 1. The summed E-state index contributed by atoms with van der Waals surface area (Å²) in [6.45, 7) is 1.31. The van der Waals surface area contributed by atoms with E-state index in [2.05, 4.69) is 25.8 Å². The van der Waals surface area contributed by atoms with Crippen molar-refractivity contribution >= 4 is 12.0 Å². The maximum atomic E-state index is 13.7. The van der Waals surface area contributed by atoms with Crippen molar-refractivity contribution in [3.63, 3.8) is 0 Å². The summed E-state index contributed by atoms with van der Waals surface area (Å²) >= 11 is 0. The van der Waals surface area contributed by atoms with Crippen LogP contribution < -0.4 is 10.6 Å². The van der Waals surface area contributed by atoms with E-state index in [0.29, 0.717) is 12.1 Å². The number of halogens is 1. The van der Waals surface area contributed by atoms with Crippen LogP contribution in [0.3, 0.4) is 0 Å². The van der Waals surface area contributed by atoms with Crippen molar-refractivity contribution in [3.8, 4) is 11.4 Å². The maximum absolute atomic E-state index is 13.7. The van der Waals surface area contributed by atoms with Gasteiger partial charge >= 0.3 is 6.03 Å². The molecule has 1 aromatic heterocycles. The molecule has 1 aromatic carbocycles. The molecule has 24 heavy (non-hydrogen) atoms. The average molecular weight is 333 g/mol. The molecule has 1 saturated heterocycles. The predicted molar refractivity (Wildman–Crippen MR) is 87.0 cm³/mol. The molecule has 0 radical (unpaired) electrons. The summed E-state index contributed by atoms with van der Waals surface area (Å²) < 4.78 is 19.3. The molecular formula is C16H20FN5O2. The second-order valence-corrected chi connectivity index (χ2v) is 5.65. The number of carbonyl (C=O) groups excluding carboxylic acids is 1. The lowest BCUT2D eigenvalue weighted by molar-refractivity contribution is 0.0120. The minimum Gasteiger partial charge on any atom is -0.378 e. The molecule has 1 aliphatic heterocycles. The molecule has 7 nitrogen and oxygen atoms in total.